The van der Waals surface area contributed by atoms with Crippen LogP contribution in [0.3, 0.4) is 0 Å². The van der Waals surface area contributed by atoms with Crippen molar-refractivity contribution < 1.29 is 9.53 Å². The van der Waals surface area contributed by atoms with Gasteiger partial charge in [-0.1, -0.05) is 51.3 Å². The Morgan fingerprint density at radius 1 is 1.53 bits per heavy atom. The number of allylic oxidation sites excluding steroid dienone is 3. The van der Waals surface area contributed by atoms with Crippen molar-refractivity contribution in [2.75, 3.05) is 0 Å². The maximum Gasteiger partial charge on any atom is 0.303 e. The van der Waals surface area contributed by atoms with Gasteiger partial charge in [0.15, 0.2) is 6.10 Å². The molecule has 0 bridgehead atoms. The fourth-order valence-electron chi connectivity index (χ4n) is 2.92. The van der Waals surface area contributed by atoms with E-state index in [1.807, 2.05) is 0 Å². The summed E-state index contributed by atoms with van der Waals surface area (Å²) in [5, 5.41) is 0. The van der Waals surface area contributed by atoms with Crippen molar-refractivity contribution >= 4 is 5.97 Å². The highest BCUT2D eigenvalue weighted by Crippen LogP contribution is 2.44. The molecule has 2 unspecified atom stereocenters. The molecule has 0 heterocycles. The number of esters is 1. The predicted octanol–water partition coefficient (Wildman–Crippen LogP) is 3.88. The molecule has 2 heteroatoms. The van der Waals surface area contributed by atoms with Crippen molar-refractivity contribution in [1.82, 2.24) is 0 Å². The number of carbonyl (C=O) groups excluding carboxylic acids is 1. The van der Waals surface area contributed by atoms with E-state index in [-0.39, 0.29) is 22.9 Å². The SMILES string of the molecule is C=CC#CC(CC1(C)C=CCC(C)(C)C1)OC(C)=O. The Kier molecular flexibility index (Phi) is 5.00. The zero-order valence-electron chi connectivity index (χ0n) is 12.5. The monoisotopic (exact) mass is 260 g/mol. The predicted molar refractivity (Wildman–Crippen MR) is 78.4 cm³/mol. The summed E-state index contributed by atoms with van der Waals surface area (Å²) in [6.07, 6.45) is 8.54. The van der Waals surface area contributed by atoms with Crippen LogP contribution in [0.25, 0.3) is 0 Å². The van der Waals surface area contributed by atoms with Gasteiger partial charge in [-0.05, 0) is 29.7 Å². The third-order valence-electron chi connectivity index (χ3n) is 3.38. The van der Waals surface area contributed by atoms with E-state index in [2.05, 4.69) is 51.3 Å². The summed E-state index contributed by atoms with van der Waals surface area (Å²) < 4.78 is 5.29. The summed E-state index contributed by atoms with van der Waals surface area (Å²) in [7, 11) is 0. The third kappa shape index (κ3) is 5.34. The fourth-order valence-corrected chi connectivity index (χ4v) is 2.92. The van der Waals surface area contributed by atoms with E-state index in [0.717, 1.165) is 19.3 Å². The van der Waals surface area contributed by atoms with Gasteiger partial charge in [-0.25, -0.2) is 0 Å². The summed E-state index contributed by atoms with van der Waals surface area (Å²) in [4.78, 5) is 11.2. The minimum atomic E-state index is -0.362. The number of ether oxygens (including phenoxy) is 1. The molecular formula is C17H24O2. The highest BCUT2D eigenvalue weighted by molar-refractivity contribution is 5.66. The maximum absolute atomic E-state index is 11.2. The van der Waals surface area contributed by atoms with Gasteiger partial charge in [-0.3, -0.25) is 4.79 Å². The summed E-state index contributed by atoms with van der Waals surface area (Å²) in [6.45, 7) is 11.7. The van der Waals surface area contributed by atoms with E-state index in [9.17, 15) is 4.79 Å². The van der Waals surface area contributed by atoms with Crippen molar-refractivity contribution in [2.24, 2.45) is 10.8 Å². The lowest BCUT2D eigenvalue weighted by molar-refractivity contribution is -0.144. The van der Waals surface area contributed by atoms with Crippen LogP contribution in [0.4, 0.5) is 0 Å². The summed E-state index contributed by atoms with van der Waals surface area (Å²) in [6, 6.07) is 0. The van der Waals surface area contributed by atoms with Gasteiger partial charge in [0.25, 0.3) is 0 Å². The molecule has 0 aromatic heterocycles. The third-order valence-corrected chi connectivity index (χ3v) is 3.38. The van der Waals surface area contributed by atoms with Gasteiger partial charge in [0, 0.05) is 13.3 Å². The molecule has 104 valence electrons. The first kappa shape index (κ1) is 15.6. The molecule has 0 spiro atoms. The molecule has 0 saturated heterocycles. The first-order chi connectivity index (χ1) is 8.76. The molecule has 0 amide bonds. The van der Waals surface area contributed by atoms with Crippen LogP contribution in [0.15, 0.2) is 24.8 Å². The van der Waals surface area contributed by atoms with Gasteiger partial charge in [0.2, 0.25) is 0 Å². The molecule has 0 aromatic carbocycles. The van der Waals surface area contributed by atoms with Crippen LogP contribution in [-0.4, -0.2) is 12.1 Å². The average molecular weight is 260 g/mol. The van der Waals surface area contributed by atoms with Crippen molar-refractivity contribution in [1.29, 1.82) is 0 Å². The summed E-state index contributed by atoms with van der Waals surface area (Å²) in [5.74, 6) is 5.46. The molecule has 19 heavy (non-hydrogen) atoms. The molecular weight excluding hydrogens is 236 g/mol. The maximum atomic E-state index is 11.2. The lowest BCUT2D eigenvalue weighted by Crippen LogP contribution is -2.31. The first-order valence-electron chi connectivity index (χ1n) is 6.73. The molecule has 0 aliphatic heterocycles. The van der Waals surface area contributed by atoms with Crippen LogP contribution < -0.4 is 0 Å². The van der Waals surface area contributed by atoms with Gasteiger partial charge in [-0.15, -0.1) is 0 Å². The van der Waals surface area contributed by atoms with E-state index in [1.165, 1.54) is 13.0 Å². The lowest BCUT2D eigenvalue weighted by atomic mass is 9.66. The number of hydrogen-bond acceptors (Lipinski definition) is 2. The van der Waals surface area contributed by atoms with Gasteiger partial charge in [-0.2, -0.15) is 0 Å². The summed E-state index contributed by atoms with van der Waals surface area (Å²) in [5.41, 5.74) is 0.313. The second kappa shape index (κ2) is 6.10. The summed E-state index contributed by atoms with van der Waals surface area (Å²) >= 11 is 0. The topological polar surface area (TPSA) is 26.3 Å². The Balaban J connectivity index is 2.82. The Bertz CT molecular complexity index is 434. The van der Waals surface area contributed by atoms with Gasteiger partial charge in [0.1, 0.15) is 0 Å². The largest absolute Gasteiger partial charge is 0.449 e. The molecule has 0 aromatic rings. The van der Waals surface area contributed by atoms with E-state index in [0.29, 0.717) is 0 Å². The number of carbonyl (C=O) groups is 1. The second-order valence-electron chi connectivity index (χ2n) is 6.40. The van der Waals surface area contributed by atoms with Crippen LogP contribution in [0.2, 0.25) is 0 Å². The zero-order valence-corrected chi connectivity index (χ0v) is 12.5. The molecule has 2 nitrogen and oxygen atoms in total. The molecule has 2 atom stereocenters. The van der Waals surface area contributed by atoms with Gasteiger partial charge in [0.05, 0.1) is 0 Å². The molecule has 0 fully saturated rings. The number of rotatable bonds is 3. The fraction of sp³-hybridized carbons (Fsp3) is 0.588. The van der Waals surface area contributed by atoms with Crippen molar-refractivity contribution in [3.8, 4) is 11.8 Å². The lowest BCUT2D eigenvalue weighted by Gasteiger charge is -2.39. The van der Waals surface area contributed by atoms with Gasteiger partial charge >= 0.3 is 5.97 Å². The minimum Gasteiger partial charge on any atom is -0.449 e. The van der Waals surface area contributed by atoms with E-state index < -0.39 is 0 Å². The molecule has 1 aliphatic carbocycles. The molecule has 1 rings (SSSR count). The highest BCUT2D eigenvalue weighted by atomic mass is 16.5. The van der Waals surface area contributed by atoms with Crippen LogP contribution in [0.5, 0.6) is 0 Å². The van der Waals surface area contributed by atoms with Crippen LogP contribution in [-0.2, 0) is 9.53 Å². The Labute approximate surface area is 116 Å². The van der Waals surface area contributed by atoms with Crippen LogP contribution in [0, 0.1) is 22.7 Å². The van der Waals surface area contributed by atoms with E-state index in [4.69, 9.17) is 4.74 Å². The molecule has 0 N–H and O–H groups in total. The second-order valence-corrected chi connectivity index (χ2v) is 6.40. The van der Waals surface area contributed by atoms with Crippen LogP contribution in [0.1, 0.15) is 47.0 Å². The van der Waals surface area contributed by atoms with Crippen molar-refractivity contribution in [3.63, 3.8) is 0 Å². The Morgan fingerprint density at radius 3 is 2.74 bits per heavy atom. The quantitative estimate of drug-likeness (QED) is 0.437. The smallest absolute Gasteiger partial charge is 0.303 e. The normalized spacial score (nSPS) is 25.9. The van der Waals surface area contributed by atoms with Crippen LogP contribution >= 0.6 is 0 Å². The van der Waals surface area contributed by atoms with E-state index >= 15 is 0 Å². The highest BCUT2D eigenvalue weighted by Gasteiger charge is 2.35. The number of hydrogen-bond donors (Lipinski definition) is 0. The first-order valence-corrected chi connectivity index (χ1v) is 6.73. The molecule has 1 aliphatic rings. The van der Waals surface area contributed by atoms with Gasteiger partial charge < -0.3 is 4.74 Å². The van der Waals surface area contributed by atoms with Crippen molar-refractivity contribution in [2.45, 2.75) is 53.1 Å². The Morgan fingerprint density at radius 2 is 2.21 bits per heavy atom. The zero-order chi connectivity index (χ0) is 14.5. The molecule has 0 saturated carbocycles. The standard InChI is InChI=1S/C17H24O2/c1-6-7-9-15(19-14(2)18)12-17(5)11-8-10-16(3,4)13-17/h6,8,11,15H,1,10,12-13H2,2-5H3. The Hall–Kier alpha value is -1.49. The molecule has 0 radical (unpaired) electrons. The van der Waals surface area contributed by atoms with Crippen molar-refractivity contribution in [3.05, 3.63) is 24.8 Å². The van der Waals surface area contributed by atoms with E-state index in [1.54, 1.807) is 0 Å². The minimum absolute atomic E-state index is 0.0255. The average Bonchev–Trinajstić information content (AvgIpc) is 2.22.